The van der Waals surface area contributed by atoms with E-state index < -0.39 is 0 Å². The molecule has 4 rings (SSSR count). The van der Waals surface area contributed by atoms with Crippen LogP contribution in [-0.4, -0.2) is 35.7 Å². The summed E-state index contributed by atoms with van der Waals surface area (Å²) in [6.07, 6.45) is 2.54. The van der Waals surface area contributed by atoms with Crippen molar-refractivity contribution >= 4 is 32.9 Å². The summed E-state index contributed by atoms with van der Waals surface area (Å²) in [4.78, 5) is 17.3. The Kier molecular flexibility index (Phi) is 8.20. The molecule has 0 atom stereocenters. The number of para-hydroxylation sites is 2. The fourth-order valence-electron chi connectivity index (χ4n) is 3.84. The van der Waals surface area contributed by atoms with Crippen molar-refractivity contribution in [1.82, 2.24) is 14.9 Å². The Balaban J connectivity index is 1.33. The fraction of sp³-hybridized carbons (Fsp3) is 0.259. The highest BCUT2D eigenvalue weighted by molar-refractivity contribution is 9.10. The third kappa shape index (κ3) is 6.17. The molecule has 34 heavy (non-hydrogen) atoms. The first-order valence-electron chi connectivity index (χ1n) is 11.4. The molecule has 7 heteroatoms. The topological polar surface area (TPSA) is 65.4 Å². The van der Waals surface area contributed by atoms with Gasteiger partial charge in [0.05, 0.1) is 24.8 Å². The Morgan fingerprint density at radius 2 is 1.82 bits per heavy atom. The van der Waals surface area contributed by atoms with E-state index in [1.807, 2.05) is 66.7 Å². The summed E-state index contributed by atoms with van der Waals surface area (Å²) in [6, 6.07) is 23.2. The molecule has 1 N–H and O–H groups in total. The Morgan fingerprint density at radius 3 is 2.68 bits per heavy atom. The number of benzene rings is 3. The van der Waals surface area contributed by atoms with Gasteiger partial charge < -0.3 is 19.4 Å². The number of imidazole rings is 1. The lowest BCUT2D eigenvalue weighted by atomic mass is 10.2. The second-order valence-corrected chi connectivity index (χ2v) is 8.83. The predicted molar refractivity (Wildman–Crippen MR) is 138 cm³/mol. The van der Waals surface area contributed by atoms with Crippen LogP contribution in [0.5, 0.6) is 11.5 Å². The van der Waals surface area contributed by atoms with E-state index in [2.05, 4.69) is 31.9 Å². The number of carbonyl (C=O) groups is 1. The van der Waals surface area contributed by atoms with Crippen molar-refractivity contribution in [2.45, 2.75) is 25.8 Å². The number of methoxy groups -OCH3 is 1. The van der Waals surface area contributed by atoms with E-state index in [0.29, 0.717) is 25.1 Å². The lowest BCUT2D eigenvalue weighted by molar-refractivity contribution is 0.0954. The molecule has 1 heterocycles. The van der Waals surface area contributed by atoms with Gasteiger partial charge in [0.1, 0.15) is 17.3 Å². The van der Waals surface area contributed by atoms with E-state index >= 15 is 0 Å². The van der Waals surface area contributed by atoms with Gasteiger partial charge >= 0.3 is 0 Å². The zero-order chi connectivity index (χ0) is 23.8. The van der Waals surface area contributed by atoms with Gasteiger partial charge in [-0.1, -0.05) is 40.2 Å². The maximum Gasteiger partial charge on any atom is 0.251 e. The molecular weight excluding hydrogens is 494 g/mol. The minimum atomic E-state index is -0.0846. The van der Waals surface area contributed by atoms with E-state index in [1.54, 1.807) is 7.11 Å². The molecule has 0 unspecified atom stereocenters. The molecule has 6 nitrogen and oxygen atoms in total. The molecule has 0 spiro atoms. The molecule has 4 aromatic rings. The van der Waals surface area contributed by atoms with E-state index in [0.717, 1.165) is 52.2 Å². The van der Waals surface area contributed by atoms with Crippen LogP contribution < -0.4 is 14.8 Å². The molecule has 0 bridgehead atoms. The number of carbonyl (C=O) groups excluding carboxylic acids is 1. The molecule has 0 radical (unpaired) electrons. The van der Waals surface area contributed by atoms with Crippen molar-refractivity contribution in [1.29, 1.82) is 0 Å². The van der Waals surface area contributed by atoms with Crippen LogP contribution in [0, 0.1) is 0 Å². The minimum Gasteiger partial charge on any atom is -0.497 e. The quantitative estimate of drug-likeness (QED) is 0.259. The first kappa shape index (κ1) is 23.8. The highest BCUT2D eigenvalue weighted by Gasteiger charge is 2.11. The van der Waals surface area contributed by atoms with E-state index in [-0.39, 0.29) is 5.91 Å². The van der Waals surface area contributed by atoms with Crippen LogP contribution >= 0.6 is 15.9 Å². The molecule has 0 saturated carbocycles. The molecule has 1 amide bonds. The normalized spacial score (nSPS) is 10.9. The van der Waals surface area contributed by atoms with Gasteiger partial charge in [0.15, 0.2) is 0 Å². The number of rotatable bonds is 11. The smallest absolute Gasteiger partial charge is 0.251 e. The van der Waals surface area contributed by atoms with Crippen LogP contribution in [0.15, 0.2) is 77.3 Å². The van der Waals surface area contributed by atoms with Crippen molar-refractivity contribution in [2.75, 3.05) is 20.3 Å². The highest BCUT2D eigenvalue weighted by Crippen LogP contribution is 2.20. The van der Waals surface area contributed by atoms with Gasteiger partial charge in [-0.15, -0.1) is 0 Å². The van der Waals surface area contributed by atoms with E-state index in [1.165, 1.54) is 0 Å². The SMILES string of the molecule is COc1cccc(OCCCCn2c(CCNC(=O)c3cccc(Br)c3)nc3ccccc32)c1. The zero-order valence-electron chi connectivity index (χ0n) is 19.2. The van der Waals surface area contributed by atoms with Crippen LogP contribution in [-0.2, 0) is 13.0 Å². The van der Waals surface area contributed by atoms with E-state index in [9.17, 15) is 4.79 Å². The van der Waals surface area contributed by atoms with Gasteiger partial charge in [-0.2, -0.15) is 0 Å². The number of hydrogen-bond donors (Lipinski definition) is 1. The molecule has 0 fully saturated rings. The van der Waals surface area contributed by atoms with Gasteiger partial charge in [0.2, 0.25) is 0 Å². The average molecular weight is 522 g/mol. The first-order valence-corrected chi connectivity index (χ1v) is 12.2. The molecule has 0 aliphatic rings. The molecular formula is C27H28BrN3O3. The summed E-state index contributed by atoms with van der Waals surface area (Å²) in [5.41, 5.74) is 2.73. The van der Waals surface area contributed by atoms with Crippen LogP contribution in [0.2, 0.25) is 0 Å². The second kappa shape index (κ2) is 11.7. The number of unbranched alkanes of at least 4 members (excludes halogenated alkanes) is 1. The van der Waals surface area contributed by atoms with Crippen LogP contribution in [0.4, 0.5) is 0 Å². The molecule has 0 saturated heterocycles. The maximum absolute atomic E-state index is 12.5. The fourth-order valence-corrected chi connectivity index (χ4v) is 4.24. The molecule has 176 valence electrons. The van der Waals surface area contributed by atoms with Gasteiger partial charge in [0.25, 0.3) is 5.91 Å². The number of fused-ring (bicyclic) bond motifs is 1. The second-order valence-electron chi connectivity index (χ2n) is 7.92. The highest BCUT2D eigenvalue weighted by atomic mass is 79.9. The van der Waals surface area contributed by atoms with Crippen molar-refractivity contribution in [2.24, 2.45) is 0 Å². The van der Waals surface area contributed by atoms with Gasteiger partial charge in [-0.3, -0.25) is 4.79 Å². The van der Waals surface area contributed by atoms with Crippen LogP contribution in [0.1, 0.15) is 29.0 Å². The Labute approximate surface area is 208 Å². The number of aryl methyl sites for hydroxylation is 1. The Hall–Kier alpha value is -3.32. The third-order valence-corrected chi connectivity index (χ3v) is 6.03. The zero-order valence-corrected chi connectivity index (χ0v) is 20.8. The summed E-state index contributed by atoms with van der Waals surface area (Å²) in [5, 5.41) is 3.01. The number of aromatic nitrogens is 2. The summed E-state index contributed by atoms with van der Waals surface area (Å²) < 4.78 is 14.3. The van der Waals surface area contributed by atoms with E-state index in [4.69, 9.17) is 14.5 Å². The summed E-state index contributed by atoms with van der Waals surface area (Å²) in [5.74, 6) is 2.50. The molecule has 0 aliphatic carbocycles. The monoisotopic (exact) mass is 521 g/mol. The summed E-state index contributed by atoms with van der Waals surface area (Å²) >= 11 is 3.41. The number of nitrogens with zero attached hydrogens (tertiary/aromatic N) is 2. The van der Waals surface area contributed by atoms with Gasteiger partial charge in [-0.25, -0.2) is 4.98 Å². The number of amides is 1. The number of nitrogens with one attached hydrogen (secondary N) is 1. The Bertz CT molecular complexity index is 1250. The minimum absolute atomic E-state index is 0.0846. The van der Waals surface area contributed by atoms with Gasteiger partial charge in [0, 0.05) is 35.6 Å². The van der Waals surface area contributed by atoms with Crippen LogP contribution in [0.3, 0.4) is 0 Å². The number of halogens is 1. The predicted octanol–water partition coefficient (Wildman–Crippen LogP) is 5.64. The largest absolute Gasteiger partial charge is 0.497 e. The lowest BCUT2D eigenvalue weighted by Gasteiger charge is -2.11. The summed E-state index contributed by atoms with van der Waals surface area (Å²) in [6.45, 7) is 2.00. The first-order chi connectivity index (χ1) is 16.6. The summed E-state index contributed by atoms with van der Waals surface area (Å²) in [7, 11) is 1.65. The van der Waals surface area contributed by atoms with Crippen molar-refractivity contribution in [3.63, 3.8) is 0 Å². The van der Waals surface area contributed by atoms with Gasteiger partial charge in [-0.05, 0) is 55.3 Å². The molecule has 0 aliphatic heterocycles. The molecule has 3 aromatic carbocycles. The average Bonchev–Trinajstić information content (AvgIpc) is 3.21. The lowest BCUT2D eigenvalue weighted by Crippen LogP contribution is -2.26. The van der Waals surface area contributed by atoms with Crippen molar-refractivity contribution < 1.29 is 14.3 Å². The maximum atomic E-state index is 12.5. The Morgan fingerprint density at radius 1 is 1.00 bits per heavy atom. The number of hydrogen-bond acceptors (Lipinski definition) is 4. The standard InChI is InChI=1S/C27H28BrN3O3/c1-33-22-10-7-11-23(19-22)34-17-5-4-16-31-25-13-3-2-12-24(25)30-26(31)14-15-29-27(32)20-8-6-9-21(28)18-20/h2-3,6-13,18-19H,4-5,14-17H2,1H3,(H,29,32). The third-order valence-electron chi connectivity index (χ3n) is 5.54. The van der Waals surface area contributed by atoms with Crippen molar-refractivity contribution in [3.8, 4) is 11.5 Å². The number of ether oxygens (including phenoxy) is 2. The molecule has 1 aromatic heterocycles. The van der Waals surface area contributed by atoms with Crippen molar-refractivity contribution in [3.05, 3.63) is 88.7 Å². The van der Waals surface area contributed by atoms with Crippen LogP contribution in [0.25, 0.3) is 11.0 Å².